The van der Waals surface area contributed by atoms with Gasteiger partial charge in [0.1, 0.15) is 25.4 Å². The van der Waals surface area contributed by atoms with Gasteiger partial charge in [0, 0.05) is 0 Å². The van der Waals surface area contributed by atoms with Crippen LogP contribution < -0.4 is 28.7 Å². The van der Waals surface area contributed by atoms with Gasteiger partial charge in [-0.2, -0.15) is 0 Å². The Morgan fingerprint density at radius 1 is 1.12 bits per heavy atom. The second-order valence-electron chi connectivity index (χ2n) is 4.27. The quantitative estimate of drug-likeness (QED) is 0.487. The van der Waals surface area contributed by atoms with Crippen molar-refractivity contribution < 1.29 is 38.3 Å². The molecule has 3 nitrogen and oxygen atoms in total. The molecule has 1 rings (SSSR count). The van der Waals surface area contributed by atoms with Crippen LogP contribution in [0.1, 0.15) is 0 Å². The maximum Gasteiger partial charge on any atom is 0.137 e. The molecule has 1 aromatic carbocycles. The lowest BCUT2D eigenvalue weighted by Gasteiger charge is -2.28. The summed E-state index contributed by atoms with van der Waals surface area (Å²) in [5.41, 5.74) is 0. The fraction of sp³-hybridized carbons (Fsp3) is 0.500. The molecule has 0 aromatic heterocycles. The highest BCUT2D eigenvalue weighted by Gasteiger charge is 2.13. The highest BCUT2D eigenvalue weighted by molar-refractivity contribution is 5.20. The monoisotopic (exact) mass is 337 g/mol. The first-order valence-corrected chi connectivity index (χ1v) is 5.25. The van der Waals surface area contributed by atoms with E-state index in [-0.39, 0.29) is 30.6 Å². The summed E-state index contributed by atoms with van der Waals surface area (Å²) in [5, 5.41) is 8.86. The molecule has 4 heteroatoms. The zero-order valence-electron chi connectivity index (χ0n) is 9.90. The zero-order valence-corrected chi connectivity index (χ0v) is 12.1. The number of hydrogen-bond acceptors (Lipinski definition) is 2. The van der Waals surface area contributed by atoms with E-state index in [1.807, 2.05) is 30.3 Å². The summed E-state index contributed by atoms with van der Waals surface area (Å²) in [5.74, 6) is 0.904. The summed E-state index contributed by atoms with van der Waals surface area (Å²) in [4.78, 5) is 0. The van der Waals surface area contributed by atoms with Crippen molar-refractivity contribution >= 4 is 0 Å². The molecule has 0 aliphatic carbocycles. The Labute approximate surface area is 115 Å². The van der Waals surface area contributed by atoms with Crippen LogP contribution in [-0.4, -0.2) is 50.0 Å². The van der Waals surface area contributed by atoms with E-state index in [1.54, 1.807) is 0 Å². The number of halogens is 1. The summed E-state index contributed by atoms with van der Waals surface area (Å²) in [7, 11) is 4.18. The van der Waals surface area contributed by atoms with Gasteiger partial charge in [-0.15, -0.1) is 0 Å². The lowest BCUT2D eigenvalue weighted by atomic mass is 10.3. The molecule has 0 saturated carbocycles. The van der Waals surface area contributed by atoms with Gasteiger partial charge in [0.25, 0.3) is 0 Å². The van der Waals surface area contributed by atoms with Crippen molar-refractivity contribution in [2.24, 2.45) is 0 Å². The number of para-hydroxylation sites is 1. The lowest BCUT2D eigenvalue weighted by molar-refractivity contribution is -0.890. The Bertz CT molecular complexity index is 278. The molecule has 92 valence electrons. The topological polar surface area (TPSA) is 29.5 Å². The van der Waals surface area contributed by atoms with Crippen molar-refractivity contribution in [2.45, 2.75) is 0 Å². The highest BCUT2D eigenvalue weighted by atomic mass is 127. The molecular formula is C12H20INO2. The Hall–Kier alpha value is -0.330. The Morgan fingerprint density at radius 3 is 2.31 bits per heavy atom. The average Bonchev–Trinajstić information content (AvgIpc) is 2.19. The van der Waals surface area contributed by atoms with E-state index in [0.717, 1.165) is 23.3 Å². The summed E-state index contributed by atoms with van der Waals surface area (Å²) in [6.45, 7) is 2.56. The molecule has 1 N–H and O–H groups in total. The van der Waals surface area contributed by atoms with Gasteiger partial charge in [-0.25, -0.2) is 0 Å². The summed E-state index contributed by atoms with van der Waals surface area (Å²) in [6.07, 6.45) is 0. The molecular weight excluding hydrogens is 317 g/mol. The number of aliphatic hydroxyl groups is 1. The van der Waals surface area contributed by atoms with Crippen molar-refractivity contribution in [1.82, 2.24) is 0 Å². The largest absolute Gasteiger partial charge is 1.00 e. The van der Waals surface area contributed by atoms with Crippen molar-refractivity contribution in [3.05, 3.63) is 30.3 Å². The van der Waals surface area contributed by atoms with E-state index in [4.69, 9.17) is 9.84 Å². The van der Waals surface area contributed by atoms with Crippen LogP contribution >= 0.6 is 0 Å². The first-order chi connectivity index (χ1) is 7.14. The second-order valence-corrected chi connectivity index (χ2v) is 4.27. The molecule has 0 atom stereocenters. The molecule has 0 amide bonds. The zero-order chi connectivity index (χ0) is 11.1. The van der Waals surface area contributed by atoms with Crippen LogP contribution in [0.3, 0.4) is 0 Å². The summed E-state index contributed by atoms with van der Waals surface area (Å²) >= 11 is 0. The van der Waals surface area contributed by atoms with Crippen molar-refractivity contribution in [3.8, 4) is 5.75 Å². The number of aliphatic hydroxyl groups excluding tert-OH is 1. The molecule has 0 unspecified atom stereocenters. The van der Waals surface area contributed by atoms with Crippen LogP contribution in [-0.2, 0) is 0 Å². The molecule has 0 spiro atoms. The minimum atomic E-state index is 0. The van der Waals surface area contributed by atoms with Gasteiger partial charge in [0.2, 0.25) is 0 Å². The Morgan fingerprint density at radius 2 is 1.75 bits per heavy atom. The van der Waals surface area contributed by atoms with Crippen molar-refractivity contribution in [1.29, 1.82) is 0 Å². The smallest absolute Gasteiger partial charge is 0.137 e. The third-order valence-electron chi connectivity index (χ3n) is 2.41. The van der Waals surface area contributed by atoms with Gasteiger partial charge < -0.3 is 38.3 Å². The van der Waals surface area contributed by atoms with Crippen molar-refractivity contribution in [3.63, 3.8) is 0 Å². The third kappa shape index (κ3) is 6.30. The number of nitrogens with zero attached hydrogens (tertiary/aromatic N) is 1. The van der Waals surface area contributed by atoms with E-state index in [9.17, 15) is 0 Å². The fourth-order valence-corrected chi connectivity index (χ4v) is 1.31. The van der Waals surface area contributed by atoms with Gasteiger partial charge in [-0.1, -0.05) is 18.2 Å². The standard InChI is InChI=1S/C12H20NO2.HI/c1-13(2,8-10-14)9-11-15-12-6-4-3-5-7-12;/h3-7,14H,8-11H2,1-2H3;1H/q+1;/p-1. The average molecular weight is 337 g/mol. The first-order valence-electron chi connectivity index (χ1n) is 5.25. The predicted octanol–water partition coefficient (Wildman–Crippen LogP) is -1.86. The Kier molecular flexibility index (Phi) is 7.70. The summed E-state index contributed by atoms with van der Waals surface area (Å²) in [6, 6.07) is 9.79. The normalized spacial score (nSPS) is 10.7. The molecule has 0 aliphatic heterocycles. The molecule has 0 bridgehead atoms. The number of quaternary nitrogens is 1. The third-order valence-corrected chi connectivity index (χ3v) is 2.41. The van der Waals surface area contributed by atoms with Crippen LogP contribution in [0.4, 0.5) is 0 Å². The van der Waals surface area contributed by atoms with Crippen LogP contribution in [0.5, 0.6) is 5.75 Å². The molecule has 0 radical (unpaired) electrons. The molecule has 16 heavy (non-hydrogen) atoms. The number of likely N-dealkylation sites (N-methyl/N-ethyl adjacent to an activating group) is 1. The number of benzene rings is 1. The minimum absolute atomic E-state index is 0. The highest BCUT2D eigenvalue weighted by Crippen LogP contribution is 2.08. The van der Waals surface area contributed by atoms with Crippen molar-refractivity contribution in [2.75, 3.05) is 40.4 Å². The van der Waals surface area contributed by atoms with Gasteiger partial charge in [-0.05, 0) is 12.1 Å². The SMILES string of the molecule is C[N+](C)(CCO)CCOc1ccccc1.[I-]. The fourth-order valence-electron chi connectivity index (χ4n) is 1.31. The molecule has 0 aliphatic rings. The number of hydrogen-bond donors (Lipinski definition) is 1. The number of ether oxygens (including phenoxy) is 1. The van der Waals surface area contributed by atoms with E-state index in [2.05, 4.69) is 14.1 Å². The van der Waals surface area contributed by atoms with Gasteiger partial charge in [0.15, 0.2) is 0 Å². The van der Waals surface area contributed by atoms with E-state index in [1.165, 1.54) is 0 Å². The van der Waals surface area contributed by atoms with E-state index < -0.39 is 0 Å². The molecule has 0 saturated heterocycles. The maximum absolute atomic E-state index is 8.86. The first kappa shape index (κ1) is 15.7. The lowest BCUT2D eigenvalue weighted by Crippen LogP contribution is -3.00. The number of rotatable bonds is 6. The van der Waals surface area contributed by atoms with Crippen LogP contribution in [0, 0.1) is 0 Å². The van der Waals surface area contributed by atoms with E-state index in [0.29, 0.717) is 6.61 Å². The second kappa shape index (κ2) is 7.86. The van der Waals surface area contributed by atoms with E-state index >= 15 is 0 Å². The Balaban J connectivity index is 0.00000225. The molecule has 0 fully saturated rings. The molecule has 0 heterocycles. The van der Waals surface area contributed by atoms with Crippen LogP contribution in [0.15, 0.2) is 30.3 Å². The maximum atomic E-state index is 8.86. The summed E-state index contributed by atoms with van der Waals surface area (Å²) < 4.78 is 6.37. The molecule has 1 aromatic rings. The minimum Gasteiger partial charge on any atom is -1.00 e. The van der Waals surface area contributed by atoms with Crippen LogP contribution in [0.25, 0.3) is 0 Å². The van der Waals surface area contributed by atoms with Gasteiger partial charge in [-0.3, -0.25) is 0 Å². The van der Waals surface area contributed by atoms with Gasteiger partial charge in [0.05, 0.1) is 20.7 Å². The predicted molar refractivity (Wildman–Crippen MR) is 60.9 cm³/mol. The van der Waals surface area contributed by atoms with Crippen LogP contribution in [0.2, 0.25) is 0 Å². The van der Waals surface area contributed by atoms with Gasteiger partial charge >= 0.3 is 0 Å².